The average Bonchev–Trinajstić information content (AvgIpc) is 3.27. The summed E-state index contributed by atoms with van der Waals surface area (Å²) in [6.45, 7) is 6.48. The molecule has 8 nitrogen and oxygen atoms in total. The van der Waals surface area contributed by atoms with Crippen LogP contribution in [-0.4, -0.2) is 54.6 Å². The minimum atomic E-state index is -0.604. The molecular formula is C35H41N3O5. The summed E-state index contributed by atoms with van der Waals surface area (Å²) >= 11 is 0. The maximum absolute atomic E-state index is 13.8. The Labute approximate surface area is 254 Å². The Kier molecular flexibility index (Phi) is 11.0. The second kappa shape index (κ2) is 15.0. The summed E-state index contributed by atoms with van der Waals surface area (Å²) < 4.78 is 17.0. The molecule has 1 aliphatic heterocycles. The van der Waals surface area contributed by atoms with E-state index in [9.17, 15) is 9.59 Å². The lowest BCUT2D eigenvalue weighted by Gasteiger charge is -2.20. The van der Waals surface area contributed by atoms with Crippen LogP contribution in [-0.2, 0) is 22.6 Å². The van der Waals surface area contributed by atoms with Gasteiger partial charge >= 0.3 is 6.09 Å². The molecule has 1 atom stereocenters. The Bertz CT molecular complexity index is 1420. The van der Waals surface area contributed by atoms with Crippen molar-refractivity contribution in [3.05, 3.63) is 101 Å². The summed E-state index contributed by atoms with van der Waals surface area (Å²) in [6, 6.07) is 24.8. The van der Waals surface area contributed by atoms with E-state index in [1.54, 1.807) is 21.0 Å². The Hall–Kier alpha value is -4.59. The molecule has 3 aromatic rings. The second-order valence-corrected chi connectivity index (χ2v) is 10.8. The van der Waals surface area contributed by atoms with E-state index in [1.165, 1.54) is 4.90 Å². The molecular weight excluding hydrogens is 542 g/mol. The number of methoxy groups -OCH3 is 1. The number of hydrogen-bond donors (Lipinski definition) is 0. The Balaban J connectivity index is 1.72. The Morgan fingerprint density at radius 1 is 0.930 bits per heavy atom. The first kappa shape index (κ1) is 31.3. The van der Waals surface area contributed by atoms with Gasteiger partial charge in [0.15, 0.2) is 0 Å². The van der Waals surface area contributed by atoms with Crippen molar-refractivity contribution in [1.82, 2.24) is 9.80 Å². The lowest BCUT2D eigenvalue weighted by molar-refractivity contribution is -0.120. The zero-order chi connectivity index (χ0) is 30.8. The van der Waals surface area contributed by atoms with E-state index in [2.05, 4.69) is 11.9 Å². The molecule has 8 heteroatoms. The Morgan fingerprint density at radius 2 is 1.60 bits per heavy atom. The number of carbonyl (C=O) groups excluding carboxylic acids is 2. The summed E-state index contributed by atoms with van der Waals surface area (Å²) in [4.78, 5) is 34.4. The molecule has 2 amide bonds. The van der Waals surface area contributed by atoms with Gasteiger partial charge in [0.25, 0.3) is 5.91 Å². The van der Waals surface area contributed by atoms with Gasteiger partial charge in [-0.15, -0.1) is 0 Å². The number of benzene rings is 3. The predicted molar refractivity (Wildman–Crippen MR) is 169 cm³/mol. The van der Waals surface area contributed by atoms with Gasteiger partial charge in [-0.25, -0.2) is 9.69 Å². The third-order valence-corrected chi connectivity index (χ3v) is 7.22. The highest BCUT2D eigenvalue weighted by atomic mass is 16.6. The quantitative estimate of drug-likeness (QED) is 0.227. The van der Waals surface area contributed by atoms with E-state index in [0.717, 1.165) is 41.0 Å². The van der Waals surface area contributed by atoms with Gasteiger partial charge in [0.2, 0.25) is 5.96 Å². The predicted octanol–water partition coefficient (Wildman–Crippen LogP) is 6.95. The maximum atomic E-state index is 13.8. The summed E-state index contributed by atoms with van der Waals surface area (Å²) in [7, 11) is 3.47. The van der Waals surface area contributed by atoms with Gasteiger partial charge in [-0.3, -0.25) is 4.79 Å². The van der Waals surface area contributed by atoms with E-state index in [4.69, 9.17) is 14.2 Å². The number of rotatable bonds is 11. The molecule has 0 radical (unpaired) electrons. The minimum Gasteiger partial charge on any atom is -0.497 e. The first-order valence-corrected chi connectivity index (χ1v) is 14.7. The van der Waals surface area contributed by atoms with E-state index in [0.29, 0.717) is 18.7 Å². The Morgan fingerprint density at radius 3 is 2.23 bits per heavy atom. The molecule has 0 bridgehead atoms. The number of likely N-dealkylation sites (N-methyl/N-ethyl adjacent to an activating group) is 1. The largest absolute Gasteiger partial charge is 0.497 e. The summed E-state index contributed by atoms with van der Waals surface area (Å²) in [5, 5.41) is 0. The first-order chi connectivity index (χ1) is 20.8. The number of hydrogen-bond acceptors (Lipinski definition) is 5. The van der Waals surface area contributed by atoms with Crippen LogP contribution in [0.4, 0.5) is 4.79 Å². The number of amides is 2. The third kappa shape index (κ3) is 8.25. The van der Waals surface area contributed by atoms with Crippen LogP contribution < -0.4 is 9.47 Å². The van der Waals surface area contributed by atoms with E-state index in [1.807, 2.05) is 96.9 Å². The van der Waals surface area contributed by atoms with E-state index in [-0.39, 0.29) is 30.4 Å². The lowest BCUT2D eigenvalue weighted by atomic mass is 10.0. The summed E-state index contributed by atoms with van der Waals surface area (Å²) in [5.41, 5.74) is 3.43. The fourth-order valence-corrected chi connectivity index (χ4v) is 4.64. The standard InChI is InChI=1S/C35H41N3O5/c1-6-7-21-42-30-19-15-26(16-20-30)22-31-32(23-27-13-17-29(41-5)18-14-27)38(34(37(31)4)36-33(39)25(2)3)35(40)43-24-28-11-9-8-10-12-28/h8-20,23,25,31H,6-7,21-22,24H2,1-5H3/b32-23-,36-34-. The monoisotopic (exact) mass is 583 g/mol. The molecule has 1 unspecified atom stereocenters. The zero-order valence-electron chi connectivity index (χ0n) is 25.7. The maximum Gasteiger partial charge on any atom is 0.421 e. The molecule has 1 heterocycles. The number of nitrogens with zero attached hydrogens (tertiary/aromatic N) is 3. The molecule has 43 heavy (non-hydrogen) atoms. The van der Waals surface area contributed by atoms with Crippen molar-refractivity contribution < 1.29 is 23.8 Å². The second-order valence-electron chi connectivity index (χ2n) is 10.8. The fraction of sp³-hybridized carbons (Fsp3) is 0.343. The van der Waals surface area contributed by atoms with Crippen molar-refractivity contribution in [2.24, 2.45) is 10.9 Å². The molecule has 0 N–H and O–H groups in total. The normalized spacial score (nSPS) is 16.7. The highest BCUT2D eigenvalue weighted by Crippen LogP contribution is 2.32. The van der Waals surface area contributed by atoms with Gasteiger partial charge in [0, 0.05) is 13.0 Å². The molecule has 4 rings (SSSR count). The summed E-state index contributed by atoms with van der Waals surface area (Å²) in [5.74, 6) is 1.13. The molecule has 1 saturated heterocycles. The van der Waals surface area contributed by atoms with Crippen LogP contribution in [0.15, 0.2) is 89.6 Å². The van der Waals surface area contributed by atoms with Crippen molar-refractivity contribution in [2.75, 3.05) is 20.8 Å². The minimum absolute atomic E-state index is 0.0886. The van der Waals surface area contributed by atoms with Crippen LogP contribution in [0, 0.1) is 5.92 Å². The molecule has 0 saturated carbocycles. The topological polar surface area (TPSA) is 80.7 Å². The molecule has 0 aromatic heterocycles. The summed E-state index contributed by atoms with van der Waals surface area (Å²) in [6.07, 6.45) is 3.97. The van der Waals surface area contributed by atoms with Crippen LogP contribution in [0.2, 0.25) is 0 Å². The van der Waals surface area contributed by atoms with Crippen molar-refractivity contribution in [3.8, 4) is 11.5 Å². The van der Waals surface area contributed by atoms with Gasteiger partial charge in [-0.05, 0) is 59.9 Å². The molecule has 1 fully saturated rings. The van der Waals surface area contributed by atoms with Crippen molar-refractivity contribution in [1.29, 1.82) is 0 Å². The number of ether oxygens (including phenoxy) is 3. The highest BCUT2D eigenvalue weighted by Gasteiger charge is 2.43. The lowest BCUT2D eigenvalue weighted by Crippen LogP contribution is -2.37. The number of carbonyl (C=O) groups is 2. The average molecular weight is 584 g/mol. The number of unbranched alkanes of at least 4 members (excludes halogenated alkanes) is 1. The highest BCUT2D eigenvalue weighted by molar-refractivity contribution is 6.05. The third-order valence-electron chi connectivity index (χ3n) is 7.22. The molecule has 0 aliphatic carbocycles. The fourth-order valence-electron chi connectivity index (χ4n) is 4.64. The molecule has 3 aromatic carbocycles. The van der Waals surface area contributed by atoms with Crippen molar-refractivity contribution >= 4 is 24.0 Å². The van der Waals surface area contributed by atoms with Gasteiger partial charge in [-0.2, -0.15) is 4.99 Å². The van der Waals surface area contributed by atoms with Gasteiger partial charge in [-0.1, -0.05) is 81.8 Å². The molecule has 1 aliphatic rings. The molecule has 0 spiro atoms. The van der Waals surface area contributed by atoms with Crippen LogP contribution in [0.3, 0.4) is 0 Å². The zero-order valence-corrected chi connectivity index (χ0v) is 25.7. The SMILES string of the molecule is CCCCOc1ccc(CC2/C(=C/c3ccc(OC)cc3)N(C(=O)OCc3ccccc3)/C(=N\C(=O)C(C)C)N2C)cc1. The van der Waals surface area contributed by atoms with Crippen LogP contribution >= 0.6 is 0 Å². The number of guanidine groups is 1. The van der Waals surface area contributed by atoms with Crippen molar-refractivity contribution in [3.63, 3.8) is 0 Å². The van der Waals surface area contributed by atoms with Crippen LogP contribution in [0.5, 0.6) is 11.5 Å². The van der Waals surface area contributed by atoms with Crippen LogP contribution in [0.1, 0.15) is 50.3 Å². The first-order valence-electron chi connectivity index (χ1n) is 14.7. The van der Waals surface area contributed by atoms with E-state index < -0.39 is 6.09 Å². The molecule has 226 valence electrons. The van der Waals surface area contributed by atoms with Gasteiger partial charge < -0.3 is 19.1 Å². The van der Waals surface area contributed by atoms with Gasteiger partial charge in [0.1, 0.15) is 18.1 Å². The van der Waals surface area contributed by atoms with E-state index >= 15 is 0 Å². The smallest absolute Gasteiger partial charge is 0.421 e. The number of aliphatic imine (C=N–C) groups is 1. The van der Waals surface area contributed by atoms with Crippen LogP contribution in [0.25, 0.3) is 6.08 Å². The van der Waals surface area contributed by atoms with Crippen molar-refractivity contribution in [2.45, 2.75) is 52.7 Å². The van der Waals surface area contributed by atoms with Gasteiger partial charge in [0.05, 0.1) is 25.5 Å².